The number of aliphatic hydroxyl groups is 1. The van der Waals surface area contributed by atoms with Crippen molar-refractivity contribution in [2.24, 2.45) is 0 Å². The molecule has 2 heterocycles. The van der Waals surface area contributed by atoms with Crippen molar-refractivity contribution in [3.8, 4) is 0 Å². The standard InChI is InChI=1S/C20H13NO10S2/c22-6-5-21-19(23)11-3-2-10-12-7-9(32(25,26)27)1-4-14(12)31-18-15(33(28,29)30)8-13(20(21)24)16(11)17(10)18/h1-4,7-8,22H,5-6H2,(H,25,26,27)(H,28,29,30). The summed E-state index contributed by atoms with van der Waals surface area (Å²) in [4.78, 5) is 24.7. The topological polar surface area (TPSA) is 181 Å². The van der Waals surface area contributed by atoms with Crippen molar-refractivity contribution in [3.63, 3.8) is 0 Å². The van der Waals surface area contributed by atoms with Crippen molar-refractivity contribution in [1.29, 1.82) is 0 Å². The van der Waals surface area contributed by atoms with Gasteiger partial charge in [-0.25, -0.2) is 0 Å². The average molecular weight is 491 g/mol. The van der Waals surface area contributed by atoms with Crippen LogP contribution in [0.2, 0.25) is 0 Å². The minimum atomic E-state index is -4.91. The van der Waals surface area contributed by atoms with E-state index in [4.69, 9.17) is 4.42 Å². The fourth-order valence-electron chi connectivity index (χ4n) is 4.14. The first kappa shape index (κ1) is 21.5. The third kappa shape index (κ3) is 3.05. The van der Waals surface area contributed by atoms with Crippen molar-refractivity contribution in [3.05, 3.63) is 57.1 Å². The van der Waals surface area contributed by atoms with Gasteiger partial charge in [0.25, 0.3) is 31.4 Å². The first-order valence-electron chi connectivity index (χ1n) is 9.31. The molecule has 0 fully saturated rings. The molecule has 5 rings (SSSR count). The van der Waals surface area contributed by atoms with E-state index in [1.807, 2.05) is 0 Å². The molecule has 13 heteroatoms. The summed E-state index contributed by atoms with van der Waals surface area (Å²) in [6.45, 7) is -0.855. The molecule has 0 saturated carbocycles. The van der Waals surface area contributed by atoms with E-state index in [1.54, 1.807) is 0 Å². The van der Waals surface area contributed by atoms with Crippen molar-refractivity contribution >= 4 is 63.7 Å². The number of hydrogen-bond acceptors (Lipinski definition) is 8. The summed E-state index contributed by atoms with van der Waals surface area (Å²) in [6.07, 6.45) is 0. The number of hydrogen-bond donors (Lipinski definition) is 3. The minimum absolute atomic E-state index is 0.00274. The van der Waals surface area contributed by atoms with Crippen LogP contribution in [0.5, 0.6) is 0 Å². The first-order chi connectivity index (χ1) is 15.4. The number of fused-ring (bicyclic) bond motifs is 2. The van der Waals surface area contributed by atoms with E-state index in [9.17, 15) is 40.6 Å². The lowest BCUT2D eigenvalue weighted by molar-refractivity contribution is 0.273. The van der Waals surface area contributed by atoms with Gasteiger partial charge < -0.3 is 9.52 Å². The molecule has 33 heavy (non-hydrogen) atoms. The summed E-state index contributed by atoms with van der Waals surface area (Å²) in [6, 6.07) is 7.06. The van der Waals surface area contributed by atoms with Gasteiger partial charge in [-0.3, -0.25) is 23.3 Å². The second kappa shape index (κ2) is 6.82. The van der Waals surface area contributed by atoms with Crippen LogP contribution in [0, 0.1) is 0 Å². The van der Waals surface area contributed by atoms with E-state index in [2.05, 4.69) is 0 Å². The highest BCUT2D eigenvalue weighted by atomic mass is 32.2. The van der Waals surface area contributed by atoms with Gasteiger partial charge in [0.15, 0.2) is 5.58 Å². The van der Waals surface area contributed by atoms with Gasteiger partial charge >= 0.3 is 0 Å². The first-order valence-corrected chi connectivity index (χ1v) is 12.2. The Labute approximate surface area is 183 Å². The third-order valence-corrected chi connectivity index (χ3v) is 7.21. The van der Waals surface area contributed by atoms with E-state index < -0.39 is 47.8 Å². The number of rotatable bonds is 4. The summed E-state index contributed by atoms with van der Waals surface area (Å²) in [5, 5.41) is 9.49. The normalized spacial score (nSPS) is 13.1. The Balaban J connectivity index is 2.15. The molecule has 3 aromatic carbocycles. The predicted molar refractivity (Wildman–Crippen MR) is 117 cm³/mol. The van der Waals surface area contributed by atoms with Gasteiger partial charge in [-0.15, -0.1) is 0 Å². The van der Waals surface area contributed by atoms with Crippen LogP contribution in [0.15, 0.2) is 60.2 Å². The predicted octanol–water partition coefficient (Wildman–Crippen LogP) is 1.34. The quantitative estimate of drug-likeness (QED) is 0.188. The molecule has 2 aromatic heterocycles. The number of benzene rings is 3. The van der Waals surface area contributed by atoms with Crippen LogP contribution in [0.3, 0.4) is 0 Å². The van der Waals surface area contributed by atoms with Crippen molar-refractivity contribution in [2.45, 2.75) is 16.3 Å². The highest BCUT2D eigenvalue weighted by Gasteiger charge is 2.26. The van der Waals surface area contributed by atoms with Crippen LogP contribution >= 0.6 is 0 Å². The fraction of sp³-hybridized carbons (Fsp3) is 0.100. The highest BCUT2D eigenvalue weighted by Crippen LogP contribution is 2.40. The second-order valence-corrected chi connectivity index (χ2v) is 10.2. The summed E-state index contributed by atoms with van der Waals surface area (Å²) in [7, 11) is -9.49. The van der Waals surface area contributed by atoms with Crippen LogP contribution in [0.25, 0.3) is 43.5 Å². The number of pyridine rings is 1. The minimum Gasteiger partial charge on any atom is -0.455 e. The lowest BCUT2D eigenvalue weighted by Gasteiger charge is -2.15. The molecule has 0 atom stereocenters. The maximum Gasteiger partial charge on any atom is 0.298 e. The molecule has 3 N–H and O–H groups in total. The molecule has 0 aliphatic carbocycles. The smallest absolute Gasteiger partial charge is 0.298 e. The summed E-state index contributed by atoms with van der Waals surface area (Å²) >= 11 is 0. The molecule has 0 bridgehead atoms. The molecule has 0 spiro atoms. The molecule has 5 aromatic rings. The average Bonchev–Trinajstić information content (AvgIpc) is 2.74. The Morgan fingerprint density at radius 1 is 0.788 bits per heavy atom. The third-order valence-electron chi connectivity index (χ3n) is 5.50. The summed E-state index contributed by atoms with van der Waals surface area (Å²) in [5.74, 6) is 0. The molecule has 0 unspecified atom stereocenters. The second-order valence-electron chi connectivity index (χ2n) is 7.36. The van der Waals surface area contributed by atoms with Crippen LogP contribution < -0.4 is 11.1 Å². The largest absolute Gasteiger partial charge is 0.455 e. The monoisotopic (exact) mass is 491 g/mol. The Morgan fingerprint density at radius 3 is 2.09 bits per heavy atom. The van der Waals surface area contributed by atoms with Crippen LogP contribution in [0.1, 0.15) is 0 Å². The van der Waals surface area contributed by atoms with Gasteiger partial charge in [-0.2, -0.15) is 16.8 Å². The zero-order valence-electron chi connectivity index (χ0n) is 16.3. The maximum atomic E-state index is 13.0. The van der Waals surface area contributed by atoms with E-state index in [1.165, 1.54) is 18.2 Å². The molecular formula is C20H13NO10S2. The van der Waals surface area contributed by atoms with Crippen LogP contribution in [-0.4, -0.2) is 42.2 Å². The Hall–Kier alpha value is -3.36. The zero-order chi connectivity index (χ0) is 23.9. The Morgan fingerprint density at radius 2 is 1.45 bits per heavy atom. The fourth-order valence-corrected chi connectivity index (χ4v) is 5.29. The van der Waals surface area contributed by atoms with E-state index >= 15 is 0 Å². The molecule has 170 valence electrons. The van der Waals surface area contributed by atoms with E-state index in [-0.39, 0.29) is 50.0 Å². The molecule has 11 nitrogen and oxygen atoms in total. The summed E-state index contributed by atoms with van der Waals surface area (Å²) in [5.41, 5.74) is -1.92. The van der Waals surface area contributed by atoms with Crippen LogP contribution in [0.4, 0.5) is 0 Å². The lowest BCUT2D eigenvalue weighted by Crippen LogP contribution is -2.34. The van der Waals surface area contributed by atoms with E-state index in [0.717, 1.165) is 22.8 Å². The van der Waals surface area contributed by atoms with Crippen molar-refractivity contribution in [2.75, 3.05) is 6.61 Å². The van der Waals surface area contributed by atoms with Gasteiger partial charge in [0, 0.05) is 21.5 Å². The molecule has 0 radical (unpaired) electrons. The van der Waals surface area contributed by atoms with Gasteiger partial charge in [-0.1, -0.05) is 6.07 Å². The van der Waals surface area contributed by atoms with E-state index in [0.29, 0.717) is 0 Å². The van der Waals surface area contributed by atoms with Gasteiger partial charge in [-0.05, 0) is 35.7 Å². The number of aliphatic hydroxyl groups excluding tert-OH is 1. The summed E-state index contributed by atoms with van der Waals surface area (Å²) < 4.78 is 73.3. The molecule has 0 amide bonds. The number of nitrogens with zero attached hydrogens (tertiary/aromatic N) is 1. The molecular weight excluding hydrogens is 478 g/mol. The highest BCUT2D eigenvalue weighted by molar-refractivity contribution is 7.86. The molecule has 0 aliphatic rings. The van der Waals surface area contributed by atoms with Crippen molar-refractivity contribution < 1.29 is 35.5 Å². The van der Waals surface area contributed by atoms with Crippen molar-refractivity contribution in [1.82, 2.24) is 4.57 Å². The van der Waals surface area contributed by atoms with Crippen LogP contribution in [-0.2, 0) is 26.8 Å². The lowest BCUT2D eigenvalue weighted by atomic mass is 9.96. The number of aromatic nitrogens is 1. The van der Waals surface area contributed by atoms with Gasteiger partial charge in [0.05, 0.1) is 23.4 Å². The molecule has 0 aliphatic heterocycles. The Kier molecular flexibility index (Phi) is 4.44. The van der Waals surface area contributed by atoms with Gasteiger partial charge in [0.2, 0.25) is 0 Å². The maximum absolute atomic E-state index is 13.0. The zero-order valence-corrected chi connectivity index (χ0v) is 18.0. The van der Waals surface area contributed by atoms with Gasteiger partial charge in [0.1, 0.15) is 10.5 Å². The SMILES string of the molecule is O=c1c2ccc3c4cc(S(=O)(=O)O)ccc4oc4c(S(=O)(=O)O)cc(c(=O)n1CCO)c2c43. The Bertz CT molecular complexity index is 1970. The molecule has 0 saturated heterocycles.